The van der Waals surface area contributed by atoms with Crippen molar-refractivity contribution in [2.75, 3.05) is 18.5 Å². The van der Waals surface area contributed by atoms with Crippen LogP contribution in [-0.2, 0) is 27.7 Å². The number of hydrogen-bond donors (Lipinski definition) is 2. The summed E-state index contributed by atoms with van der Waals surface area (Å²) in [5.41, 5.74) is 2.53. The average Bonchev–Trinajstić information content (AvgIpc) is 2.87. The van der Waals surface area contributed by atoms with Gasteiger partial charge < -0.3 is 10.0 Å². The number of nitrogens with one attached hydrogen (secondary N) is 1. The lowest BCUT2D eigenvalue weighted by atomic mass is 10.1. The Kier molecular flexibility index (Phi) is 4.78. The lowest BCUT2D eigenvalue weighted by Crippen LogP contribution is -2.25. The Balaban J connectivity index is 1.60. The Bertz CT molecular complexity index is 892. The molecule has 1 amide bonds. The van der Waals surface area contributed by atoms with Crippen LogP contribution in [0.1, 0.15) is 17.5 Å². The summed E-state index contributed by atoms with van der Waals surface area (Å²) >= 11 is 0. The van der Waals surface area contributed by atoms with Gasteiger partial charge in [-0.15, -0.1) is 0 Å². The van der Waals surface area contributed by atoms with Crippen LogP contribution in [0.25, 0.3) is 0 Å². The molecule has 0 spiro atoms. The number of carbonyl (C=O) groups is 1. The van der Waals surface area contributed by atoms with E-state index in [-0.39, 0.29) is 23.0 Å². The van der Waals surface area contributed by atoms with Gasteiger partial charge in [0, 0.05) is 19.3 Å². The van der Waals surface area contributed by atoms with Gasteiger partial charge in [0.15, 0.2) is 0 Å². The van der Waals surface area contributed by atoms with E-state index >= 15 is 0 Å². The molecule has 0 fully saturated rings. The summed E-state index contributed by atoms with van der Waals surface area (Å²) in [5.74, 6) is 0.177. The minimum absolute atomic E-state index is 0.0357. The number of anilines is 1. The van der Waals surface area contributed by atoms with E-state index in [2.05, 4.69) is 4.72 Å². The molecule has 2 N–H and O–H groups in total. The maximum atomic E-state index is 12.4. The zero-order valence-electron chi connectivity index (χ0n) is 13.9. The van der Waals surface area contributed by atoms with Gasteiger partial charge in [0.25, 0.3) is 0 Å². The minimum atomic E-state index is -3.60. The molecule has 3 rings (SSSR count). The van der Waals surface area contributed by atoms with Crippen LogP contribution >= 0.6 is 0 Å². The molecule has 0 radical (unpaired) electrons. The van der Waals surface area contributed by atoms with Gasteiger partial charge in [0.2, 0.25) is 15.9 Å². The molecule has 0 bridgehead atoms. The number of hydrogen-bond acceptors (Lipinski definition) is 4. The number of aryl methyl sites for hydroxylation is 1. The van der Waals surface area contributed by atoms with Crippen molar-refractivity contribution >= 4 is 21.6 Å². The minimum Gasteiger partial charge on any atom is -0.508 e. The number of rotatable bonds is 6. The highest BCUT2D eigenvalue weighted by atomic mass is 32.2. The lowest BCUT2D eigenvalue weighted by Gasteiger charge is -2.11. The number of amides is 1. The van der Waals surface area contributed by atoms with Crippen molar-refractivity contribution in [3.63, 3.8) is 0 Å². The Labute approximate surface area is 147 Å². The van der Waals surface area contributed by atoms with Crippen molar-refractivity contribution in [1.29, 1.82) is 0 Å². The van der Waals surface area contributed by atoms with Gasteiger partial charge in [0.1, 0.15) is 5.75 Å². The zero-order chi connectivity index (χ0) is 18.0. The van der Waals surface area contributed by atoms with Crippen molar-refractivity contribution in [2.45, 2.75) is 24.2 Å². The summed E-state index contributed by atoms with van der Waals surface area (Å²) in [6.45, 7) is 0.319. The van der Waals surface area contributed by atoms with Gasteiger partial charge >= 0.3 is 0 Å². The molecule has 0 atom stereocenters. The first kappa shape index (κ1) is 17.4. The van der Waals surface area contributed by atoms with Crippen molar-refractivity contribution in [3.05, 3.63) is 53.6 Å². The fourth-order valence-electron chi connectivity index (χ4n) is 2.86. The fraction of sp³-hybridized carbons (Fsp3) is 0.278. The number of likely N-dealkylation sites (N-methyl/N-ethyl adjacent to an activating group) is 1. The third-order valence-electron chi connectivity index (χ3n) is 4.31. The summed E-state index contributed by atoms with van der Waals surface area (Å²) in [6.07, 6.45) is 1.60. The molecule has 1 heterocycles. The Hall–Kier alpha value is -2.38. The molecule has 6 nitrogen and oxygen atoms in total. The van der Waals surface area contributed by atoms with Gasteiger partial charge in [0.05, 0.1) is 11.3 Å². The average molecular weight is 360 g/mol. The summed E-state index contributed by atoms with van der Waals surface area (Å²) in [5, 5.41) is 9.24. The van der Waals surface area contributed by atoms with E-state index in [1.54, 1.807) is 31.3 Å². The SMILES string of the molecule is CN1C(=O)Cc2cc(S(=O)(=O)NCCCc3ccc(O)cc3)ccc21. The van der Waals surface area contributed by atoms with Crippen LogP contribution in [0.15, 0.2) is 47.4 Å². The second-order valence-corrected chi connectivity index (χ2v) is 7.85. The van der Waals surface area contributed by atoms with Gasteiger partial charge in [-0.3, -0.25) is 4.79 Å². The molecule has 132 valence electrons. The molecular formula is C18H20N2O4S. The van der Waals surface area contributed by atoms with Crippen LogP contribution in [0.3, 0.4) is 0 Å². The van der Waals surface area contributed by atoms with Gasteiger partial charge in [-0.2, -0.15) is 0 Å². The van der Waals surface area contributed by atoms with Crippen molar-refractivity contribution in [1.82, 2.24) is 4.72 Å². The molecule has 2 aromatic carbocycles. The molecule has 25 heavy (non-hydrogen) atoms. The highest BCUT2D eigenvalue weighted by molar-refractivity contribution is 7.89. The summed E-state index contributed by atoms with van der Waals surface area (Å²) in [4.78, 5) is 13.4. The van der Waals surface area contributed by atoms with E-state index in [0.717, 1.165) is 16.8 Å². The van der Waals surface area contributed by atoms with E-state index in [0.29, 0.717) is 19.4 Å². The van der Waals surface area contributed by atoms with Gasteiger partial charge in [-0.05, 0) is 54.3 Å². The third kappa shape index (κ3) is 3.83. The molecule has 0 saturated carbocycles. The highest BCUT2D eigenvalue weighted by Gasteiger charge is 2.26. The Morgan fingerprint density at radius 1 is 1.16 bits per heavy atom. The second kappa shape index (κ2) is 6.85. The van der Waals surface area contributed by atoms with Crippen LogP contribution in [-0.4, -0.2) is 33.0 Å². The highest BCUT2D eigenvalue weighted by Crippen LogP contribution is 2.29. The van der Waals surface area contributed by atoms with Gasteiger partial charge in [-0.1, -0.05) is 12.1 Å². The van der Waals surface area contributed by atoms with E-state index in [1.165, 1.54) is 11.0 Å². The van der Waals surface area contributed by atoms with Crippen LogP contribution in [0.5, 0.6) is 5.75 Å². The van der Waals surface area contributed by atoms with Crippen molar-refractivity contribution < 1.29 is 18.3 Å². The maximum Gasteiger partial charge on any atom is 0.240 e. The number of phenols is 1. The smallest absolute Gasteiger partial charge is 0.240 e. The molecule has 0 saturated heterocycles. The number of aromatic hydroxyl groups is 1. The standard InChI is InChI=1S/C18H20N2O4S/c1-20-17-9-8-16(11-14(17)12-18(20)22)25(23,24)19-10-2-3-13-4-6-15(21)7-5-13/h4-9,11,19,21H,2-3,10,12H2,1H3. The van der Waals surface area contributed by atoms with Crippen LogP contribution < -0.4 is 9.62 Å². The summed E-state index contributed by atoms with van der Waals surface area (Å²) in [7, 11) is -1.91. The molecular weight excluding hydrogens is 340 g/mol. The molecule has 0 aromatic heterocycles. The van der Waals surface area contributed by atoms with E-state index in [1.807, 2.05) is 12.1 Å². The molecule has 0 aliphatic carbocycles. The van der Waals surface area contributed by atoms with Crippen LogP contribution in [0.2, 0.25) is 0 Å². The maximum absolute atomic E-state index is 12.4. The fourth-order valence-corrected chi connectivity index (χ4v) is 3.98. The number of nitrogens with zero attached hydrogens (tertiary/aromatic N) is 1. The first-order valence-electron chi connectivity index (χ1n) is 8.04. The van der Waals surface area contributed by atoms with Gasteiger partial charge in [-0.25, -0.2) is 13.1 Å². The number of carbonyl (C=O) groups excluding carboxylic acids is 1. The largest absolute Gasteiger partial charge is 0.508 e. The first-order chi connectivity index (χ1) is 11.9. The molecule has 1 aliphatic rings. The van der Waals surface area contributed by atoms with Crippen LogP contribution in [0.4, 0.5) is 5.69 Å². The Morgan fingerprint density at radius 3 is 2.60 bits per heavy atom. The van der Waals surface area contributed by atoms with Crippen LogP contribution in [0, 0.1) is 0 Å². The molecule has 7 heteroatoms. The monoisotopic (exact) mass is 360 g/mol. The number of benzene rings is 2. The quantitative estimate of drug-likeness (QED) is 0.770. The lowest BCUT2D eigenvalue weighted by molar-refractivity contribution is -0.117. The number of fused-ring (bicyclic) bond motifs is 1. The van der Waals surface area contributed by atoms with E-state index in [4.69, 9.17) is 0 Å². The first-order valence-corrected chi connectivity index (χ1v) is 9.52. The number of phenolic OH excluding ortho intramolecular Hbond substituents is 1. The predicted octanol–water partition coefficient (Wildman–Crippen LogP) is 1.82. The summed E-state index contributed by atoms with van der Waals surface area (Å²) < 4.78 is 27.4. The predicted molar refractivity (Wildman–Crippen MR) is 95.2 cm³/mol. The second-order valence-electron chi connectivity index (χ2n) is 6.09. The van der Waals surface area contributed by atoms with Crippen molar-refractivity contribution in [2.24, 2.45) is 0 Å². The van der Waals surface area contributed by atoms with E-state index < -0.39 is 10.0 Å². The molecule has 2 aromatic rings. The molecule has 1 aliphatic heterocycles. The Morgan fingerprint density at radius 2 is 1.88 bits per heavy atom. The van der Waals surface area contributed by atoms with E-state index in [9.17, 15) is 18.3 Å². The zero-order valence-corrected chi connectivity index (χ0v) is 14.7. The topological polar surface area (TPSA) is 86.7 Å². The third-order valence-corrected chi connectivity index (χ3v) is 5.77. The number of sulfonamides is 1. The molecule has 0 unspecified atom stereocenters. The summed E-state index contributed by atoms with van der Waals surface area (Å²) in [6, 6.07) is 11.6. The normalized spacial score (nSPS) is 14.0. The van der Waals surface area contributed by atoms with Crippen molar-refractivity contribution in [3.8, 4) is 5.75 Å².